The smallest absolute Gasteiger partial charge is 0.146 e. The molecule has 112 valence electrons. The Hall–Kier alpha value is -1.51. The van der Waals surface area contributed by atoms with Crippen LogP contribution in [0.3, 0.4) is 0 Å². The first-order valence-corrected chi connectivity index (χ1v) is 7.79. The summed E-state index contributed by atoms with van der Waals surface area (Å²) in [7, 11) is 0. The maximum Gasteiger partial charge on any atom is 0.146 e. The lowest BCUT2D eigenvalue weighted by molar-refractivity contribution is 0.482. The molecule has 0 saturated carbocycles. The van der Waals surface area contributed by atoms with Crippen LogP contribution in [0.25, 0.3) is 0 Å². The molecule has 1 atom stereocenters. The minimum atomic E-state index is -0.0330. The van der Waals surface area contributed by atoms with Gasteiger partial charge in [0.25, 0.3) is 0 Å². The molecule has 0 spiro atoms. The number of benzene rings is 2. The molecule has 0 radical (unpaired) electrons. The van der Waals surface area contributed by atoms with E-state index in [1.807, 2.05) is 37.3 Å². The van der Waals surface area contributed by atoms with Crippen molar-refractivity contribution in [2.24, 2.45) is 5.73 Å². The van der Waals surface area contributed by atoms with Gasteiger partial charge in [-0.2, -0.15) is 0 Å². The van der Waals surface area contributed by atoms with Crippen molar-refractivity contribution in [3.8, 4) is 11.5 Å². The topological polar surface area (TPSA) is 35.2 Å². The van der Waals surface area contributed by atoms with Gasteiger partial charge in [0.2, 0.25) is 0 Å². The van der Waals surface area contributed by atoms with Crippen LogP contribution in [0.2, 0.25) is 5.02 Å². The fraction of sp³-hybridized carbons (Fsp3) is 0.333. The van der Waals surface area contributed by atoms with Crippen molar-refractivity contribution >= 4 is 11.6 Å². The van der Waals surface area contributed by atoms with E-state index in [1.54, 1.807) is 0 Å². The third-order valence-electron chi connectivity index (χ3n) is 3.45. The zero-order valence-corrected chi connectivity index (χ0v) is 13.4. The first-order valence-electron chi connectivity index (χ1n) is 7.42. The molecule has 3 heteroatoms. The number of rotatable bonds is 6. The van der Waals surface area contributed by atoms with Crippen molar-refractivity contribution in [1.82, 2.24) is 0 Å². The lowest BCUT2D eigenvalue weighted by Gasteiger charge is -2.11. The highest BCUT2D eigenvalue weighted by atomic mass is 35.5. The molecule has 1 unspecified atom stereocenters. The van der Waals surface area contributed by atoms with Crippen LogP contribution in [-0.2, 0) is 6.42 Å². The Kier molecular flexibility index (Phi) is 5.66. The van der Waals surface area contributed by atoms with Crippen molar-refractivity contribution < 1.29 is 4.74 Å². The predicted octanol–water partition coefficient (Wildman–Crippen LogP) is 5.49. The number of nitrogens with two attached hydrogens (primary N) is 1. The van der Waals surface area contributed by atoms with Crippen LogP contribution >= 0.6 is 11.6 Å². The van der Waals surface area contributed by atoms with Gasteiger partial charge in [0, 0.05) is 6.04 Å². The maximum absolute atomic E-state index is 6.24. The molecule has 0 aliphatic rings. The molecule has 0 aliphatic heterocycles. The molecule has 2 rings (SSSR count). The van der Waals surface area contributed by atoms with Crippen molar-refractivity contribution in [2.75, 3.05) is 0 Å². The number of hydrogen-bond acceptors (Lipinski definition) is 2. The largest absolute Gasteiger partial charge is 0.456 e. The van der Waals surface area contributed by atoms with Gasteiger partial charge in [-0.25, -0.2) is 0 Å². The summed E-state index contributed by atoms with van der Waals surface area (Å²) < 4.78 is 5.83. The van der Waals surface area contributed by atoms with Crippen LogP contribution in [0.15, 0.2) is 42.5 Å². The van der Waals surface area contributed by atoms with Gasteiger partial charge in [-0.3, -0.25) is 0 Å². The minimum Gasteiger partial charge on any atom is -0.456 e. The highest BCUT2D eigenvalue weighted by Gasteiger charge is 2.07. The SMILES string of the molecule is CCCCc1ccc(Oc2ccc(C(C)N)cc2Cl)cc1. The van der Waals surface area contributed by atoms with Crippen LogP contribution in [0, 0.1) is 0 Å². The molecule has 0 aliphatic carbocycles. The van der Waals surface area contributed by atoms with E-state index in [9.17, 15) is 0 Å². The first kappa shape index (κ1) is 15.9. The number of aryl methyl sites for hydroxylation is 1. The van der Waals surface area contributed by atoms with Gasteiger partial charge in [0.15, 0.2) is 0 Å². The van der Waals surface area contributed by atoms with Gasteiger partial charge in [0.05, 0.1) is 5.02 Å². The summed E-state index contributed by atoms with van der Waals surface area (Å²) in [6.45, 7) is 4.13. The summed E-state index contributed by atoms with van der Waals surface area (Å²) >= 11 is 6.24. The molecule has 2 N–H and O–H groups in total. The fourth-order valence-corrected chi connectivity index (χ4v) is 2.34. The Morgan fingerprint density at radius 1 is 1.14 bits per heavy atom. The minimum absolute atomic E-state index is 0.0330. The molecule has 0 bridgehead atoms. The Balaban J connectivity index is 2.07. The highest BCUT2D eigenvalue weighted by molar-refractivity contribution is 6.32. The van der Waals surface area contributed by atoms with E-state index in [-0.39, 0.29) is 6.04 Å². The third-order valence-corrected chi connectivity index (χ3v) is 3.75. The second kappa shape index (κ2) is 7.48. The zero-order chi connectivity index (χ0) is 15.2. The van der Waals surface area contributed by atoms with E-state index in [0.717, 1.165) is 17.7 Å². The van der Waals surface area contributed by atoms with Crippen LogP contribution in [-0.4, -0.2) is 0 Å². The summed E-state index contributed by atoms with van der Waals surface area (Å²) in [6.07, 6.45) is 3.53. The lowest BCUT2D eigenvalue weighted by Crippen LogP contribution is -2.04. The summed E-state index contributed by atoms with van der Waals surface area (Å²) in [5.74, 6) is 1.45. The van der Waals surface area contributed by atoms with Crippen LogP contribution in [0.1, 0.15) is 43.9 Å². The summed E-state index contributed by atoms with van der Waals surface area (Å²) in [5, 5.41) is 0.583. The molecule has 0 amide bonds. The number of unbranched alkanes of at least 4 members (excludes halogenated alkanes) is 1. The van der Waals surface area contributed by atoms with E-state index >= 15 is 0 Å². The standard InChI is InChI=1S/C18H22ClNO/c1-3-4-5-14-6-9-16(10-7-14)21-18-11-8-15(13(2)20)12-17(18)19/h6-13H,3-5,20H2,1-2H3. The Morgan fingerprint density at radius 2 is 1.86 bits per heavy atom. The molecule has 2 aromatic rings. The van der Waals surface area contributed by atoms with E-state index in [2.05, 4.69) is 19.1 Å². The fourth-order valence-electron chi connectivity index (χ4n) is 2.12. The van der Waals surface area contributed by atoms with E-state index in [1.165, 1.54) is 18.4 Å². The van der Waals surface area contributed by atoms with E-state index in [4.69, 9.17) is 22.1 Å². The average Bonchev–Trinajstić information content (AvgIpc) is 2.48. The van der Waals surface area contributed by atoms with Gasteiger partial charge in [-0.1, -0.05) is 43.1 Å². The summed E-state index contributed by atoms with van der Waals surface area (Å²) in [5.41, 5.74) is 8.18. The molecule has 0 aromatic heterocycles. The first-order chi connectivity index (χ1) is 10.1. The Morgan fingerprint density at radius 3 is 2.43 bits per heavy atom. The van der Waals surface area contributed by atoms with E-state index in [0.29, 0.717) is 10.8 Å². The third kappa shape index (κ3) is 4.48. The van der Waals surface area contributed by atoms with Crippen LogP contribution in [0.5, 0.6) is 11.5 Å². The van der Waals surface area contributed by atoms with Crippen molar-refractivity contribution in [3.05, 3.63) is 58.6 Å². The monoisotopic (exact) mass is 303 g/mol. The molecular formula is C18H22ClNO. The van der Waals surface area contributed by atoms with Gasteiger partial charge in [0.1, 0.15) is 11.5 Å². The second-order valence-electron chi connectivity index (χ2n) is 5.33. The van der Waals surface area contributed by atoms with Gasteiger partial charge in [-0.15, -0.1) is 0 Å². The molecule has 21 heavy (non-hydrogen) atoms. The summed E-state index contributed by atoms with van der Waals surface area (Å²) in [6, 6.07) is 13.8. The summed E-state index contributed by atoms with van der Waals surface area (Å²) in [4.78, 5) is 0. The second-order valence-corrected chi connectivity index (χ2v) is 5.74. The van der Waals surface area contributed by atoms with Gasteiger partial charge in [-0.05, 0) is 55.2 Å². The zero-order valence-electron chi connectivity index (χ0n) is 12.6. The molecule has 0 fully saturated rings. The van der Waals surface area contributed by atoms with Gasteiger partial charge < -0.3 is 10.5 Å². The molecule has 0 heterocycles. The van der Waals surface area contributed by atoms with Crippen molar-refractivity contribution in [3.63, 3.8) is 0 Å². The van der Waals surface area contributed by atoms with Crippen molar-refractivity contribution in [2.45, 2.75) is 39.2 Å². The number of ether oxygens (including phenoxy) is 1. The quantitative estimate of drug-likeness (QED) is 0.765. The number of halogens is 1. The Bertz CT molecular complexity index is 578. The maximum atomic E-state index is 6.24. The predicted molar refractivity (Wildman–Crippen MR) is 89.2 cm³/mol. The van der Waals surface area contributed by atoms with Crippen LogP contribution < -0.4 is 10.5 Å². The van der Waals surface area contributed by atoms with Crippen LogP contribution in [0.4, 0.5) is 0 Å². The normalized spacial score (nSPS) is 12.2. The Labute approximate surface area is 131 Å². The molecular weight excluding hydrogens is 282 g/mol. The van der Waals surface area contributed by atoms with Crippen molar-refractivity contribution in [1.29, 1.82) is 0 Å². The molecule has 2 nitrogen and oxygen atoms in total. The number of hydrogen-bond donors (Lipinski definition) is 1. The molecule has 2 aromatic carbocycles. The highest BCUT2D eigenvalue weighted by Crippen LogP contribution is 2.31. The molecule has 0 saturated heterocycles. The van der Waals surface area contributed by atoms with Gasteiger partial charge >= 0.3 is 0 Å². The lowest BCUT2D eigenvalue weighted by atomic mass is 10.1. The average molecular weight is 304 g/mol. The van der Waals surface area contributed by atoms with E-state index < -0.39 is 0 Å².